The third-order valence-corrected chi connectivity index (χ3v) is 5.60. The Morgan fingerprint density at radius 3 is 2.16 bits per heavy atom. The molecular formula is C25H21ClN2O3. The molecule has 31 heavy (non-hydrogen) atoms. The van der Waals surface area contributed by atoms with Gasteiger partial charge in [-0.2, -0.15) is 0 Å². The maximum absolute atomic E-state index is 13.5. The quantitative estimate of drug-likeness (QED) is 0.551. The second-order valence-corrected chi connectivity index (χ2v) is 7.76. The van der Waals surface area contributed by atoms with Crippen molar-refractivity contribution in [3.05, 3.63) is 94.1 Å². The number of benzene rings is 3. The maximum atomic E-state index is 13.5. The van der Waals surface area contributed by atoms with Crippen LogP contribution in [0.2, 0.25) is 5.02 Å². The number of nitrogens with zero attached hydrogens (tertiary/aromatic N) is 1. The molecule has 0 radical (unpaired) electrons. The fraction of sp³-hybridized carbons (Fsp3) is 0.120. The number of hydrogen-bond acceptors (Lipinski definition) is 4. The van der Waals surface area contributed by atoms with Crippen molar-refractivity contribution in [1.29, 1.82) is 0 Å². The lowest BCUT2D eigenvalue weighted by atomic mass is 10.0. The molecular weight excluding hydrogens is 412 g/mol. The maximum Gasteiger partial charge on any atom is 0.282 e. The van der Waals surface area contributed by atoms with E-state index in [4.69, 9.17) is 16.3 Å². The van der Waals surface area contributed by atoms with Gasteiger partial charge in [0.1, 0.15) is 11.4 Å². The standard InChI is InChI=1S/C25H21ClN2O3/c1-15-4-9-18(10-5-15)27-23-22(17-7-12-20(31-3)13-8-17)24(29)28(25(23)30)19-11-6-16(2)21(26)14-19/h4-14,27H,1-3H3. The van der Waals surface area contributed by atoms with Crippen molar-refractivity contribution in [3.63, 3.8) is 0 Å². The summed E-state index contributed by atoms with van der Waals surface area (Å²) in [4.78, 5) is 28.0. The summed E-state index contributed by atoms with van der Waals surface area (Å²) in [7, 11) is 1.58. The van der Waals surface area contributed by atoms with E-state index in [1.165, 1.54) is 0 Å². The van der Waals surface area contributed by atoms with Crippen LogP contribution in [0.1, 0.15) is 16.7 Å². The highest BCUT2D eigenvalue weighted by atomic mass is 35.5. The van der Waals surface area contributed by atoms with Gasteiger partial charge in [-0.15, -0.1) is 0 Å². The average Bonchev–Trinajstić information content (AvgIpc) is 3.01. The van der Waals surface area contributed by atoms with Crippen molar-refractivity contribution in [2.75, 3.05) is 17.3 Å². The summed E-state index contributed by atoms with van der Waals surface area (Å²) >= 11 is 6.26. The van der Waals surface area contributed by atoms with E-state index in [1.54, 1.807) is 49.6 Å². The molecule has 1 heterocycles. The lowest BCUT2D eigenvalue weighted by Crippen LogP contribution is -2.32. The summed E-state index contributed by atoms with van der Waals surface area (Å²) in [5.74, 6) is -0.183. The Labute approximate surface area is 185 Å². The first kappa shape index (κ1) is 20.7. The van der Waals surface area contributed by atoms with E-state index in [0.717, 1.165) is 21.7 Å². The van der Waals surface area contributed by atoms with Crippen LogP contribution in [-0.2, 0) is 9.59 Å². The molecule has 2 amide bonds. The van der Waals surface area contributed by atoms with E-state index in [0.29, 0.717) is 27.6 Å². The van der Waals surface area contributed by atoms with Gasteiger partial charge >= 0.3 is 0 Å². The summed E-state index contributed by atoms with van der Waals surface area (Å²) in [6.45, 7) is 3.85. The van der Waals surface area contributed by atoms with Gasteiger partial charge in [-0.3, -0.25) is 9.59 Å². The molecule has 3 aromatic carbocycles. The molecule has 156 valence electrons. The molecule has 4 rings (SSSR count). The SMILES string of the molecule is COc1ccc(C2=C(Nc3ccc(C)cc3)C(=O)N(c3ccc(C)c(Cl)c3)C2=O)cc1. The zero-order valence-electron chi connectivity index (χ0n) is 17.4. The second-order valence-electron chi connectivity index (χ2n) is 7.35. The number of methoxy groups -OCH3 is 1. The van der Waals surface area contributed by atoms with Gasteiger partial charge in [0, 0.05) is 10.7 Å². The number of aryl methyl sites for hydroxylation is 2. The first-order chi connectivity index (χ1) is 14.9. The van der Waals surface area contributed by atoms with Gasteiger partial charge in [0.25, 0.3) is 11.8 Å². The summed E-state index contributed by atoms with van der Waals surface area (Å²) < 4.78 is 5.22. The van der Waals surface area contributed by atoms with Gasteiger partial charge in [0.2, 0.25) is 0 Å². The van der Waals surface area contributed by atoms with Crippen molar-refractivity contribution in [3.8, 4) is 5.75 Å². The molecule has 6 heteroatoms. The van der Waals surface area contributed by atoms with Gasteiger partial charge in [-0.05, 0) is 61.4 Å². The molecule has 0 atom stereocenters. The molecule has 0 aliphatic carbocycles. The Kier molecular flexibility index (Phi) is 5.53. The largest absolute Gasteiger partial charge is 0.497 e. The number of anilines is 2. The smallest absolute Gasteiger partial charge is 0.282 e. The summed E-state index contributed by atoms with van der Waals surface area (Å²) in [5.41, 5.74) is 4.24. The minimum atomic E-state index is -0.434. The zero-order chi connectivity index (χ0) is 22.1. The Bertz CT molecular complexity index is 1200. The number of carbonyl (C=O) groups excluding carboxylic acids is 2. The molecule has 0 unspecified atom stereocenters. The highest BCUT2D eigenvalue weighted by molar-refractivity contribution is 6.46. The number of halogens is 1. The van der Waals surface area contributed by atoms with Crippen LogP contribution >= 0.6 is 11.6 Å². The van der Waals surface area contributed by atoms with Crippen molar-refractivity contribution in [1.82, 2.24) is 0 Å². The van der Waals surface area contributed by atoms with E-state index in [-0.39, 0.29) is 5.70 Å². The Morgan fingerprint density at radius 2 is 1.55 bits per heavy atom. The molecule has 1 aliphatic rings. The van der Waals surface area contributed by atoms with Crippen molar-refractivity contribution < 1.29 is 14.3 Å². The van der Waals surface area contributed by atoms with Crippen LogP contribution in [0.15, 0.2) is 72.4 Å². The van der Waals surface area contributed by atoms with E-state index >= 15 is 0 Å². The van der Waals surface area contributed by atoms with Gasteiger partial charge in [-0.1, -0.05) is 47.5 Å². The van der Waals surface area contributed by atoms with Crippen LogP contribution in [0.5, 0.6) is 5.75 Å². The molecule has 0 bridgehead atoms. The molecule has 0 fully saturated rings. The number of carbonyl (C=O) groups is 2. The third kappa shape index (κ3) is 3.92. The van der Waals surface area contributed by atoms with Gasteiger partial charge < -0.3 is 10.1 Å². The average molecular weight is 433 g/mol. The lowest BCUT2D eigenvalue weighted by molar-refractivity contribution is -0.120. The Hall–Kier alpha value is -3.57. The van der Waals surface area contributed by atoms with Gasteiger partial charge in [-0.25, -0.2) is 4.90 Å². The Morgan fingerprint density at radius 1 is 0.871 bits per heavy atom. The zero-order valence-corrected chi connectivity index (χ0v) is 18.2. The van der Waals surface area contributed by atoms with Crippen LogP contribution in [0.3, 0.4) is 0 Å². The predicted molar refractivity (Wildman–Crippen MR) is 123 cm³/mol. The number of amides is 2. The van der Waals surface area contributed by atoms with E-state index < -0.39 is 11.8 Å². The van der Waals surface area contributed by atoms with Crippen LogP contribution in [0, 0.1) is 13.8 Å². The van der Waals surface area contributed by atoms with Crippen LogP contribution in [0.4, 0.5) is 11.4 Å². The predicted octanol–water partition coefficient (Wildman–Crippen LogP) is 5.36. The third-order valence-electron chi connectivity index (χ3n) is 5.20. The lowest BCUT2D eigenvalue weighted by Gasteiger charge is -2.16. The number of ether oxygens (including phenoxy) is 1. The highest BCUT2D eigenvalue weighted by Gasteiger charge is 2.40. The molecule has 0 spiro atoms. The van der Waals surface area contributed by atoms with Crippen LogP contribution < -0.4 is 15.0 Å². The van der Waals surface area contributed by atoms with Crippen LogP contribution in [-0.4, -0.2) is 18.9 Å². The molecule has 1 aliphatic heterocycles. The van der Waals surface area contributed by atoms with Crippen LogP contribution in [0.25, 0.3) is 5.57 Å². The summed E-state index contributed by atoms with van der Waals surface area (Å²) in [6.07, 6.45) is 0. The van der Waals surface area contributed by atoms with Crippen molar-refractivity contribution in [2.45, 2.75) is 13.8 Å². The molecule has 0 aromatic heterocycles. The minimum Gasteiger partial charge on any atom is -0.497 e. The molecule has 1 N–H and O–H groups in total. The summed E-state index contributed by atoms with van der Waals surface area (Å²) in [6, 6.07) is 19.8. The van der Waals surface area contributed by atoms with Gasteiger partial charge in [0.05, 0.1) is 18.4 Å². The fourth-order valence-electron chi connectivity index (χ4n) is 3.41. The molecule has 3 aromatic rings. The first-order valence-corrected chi connectivity index (χ1v) is 10.1. The van der Waals surface area contributed by atoms with E-state index in [1.807, 2.05) is 38.1 Å². The normalized spacial score (nSPS) is 13.7. The number of rotatable bonds is 5. The highest BCUT2D eigenvalue weighted by Crippen LogP contribution is 2.35. The number of nitrogens with one attached hydrogen (secondary N) is 1. The Balaban J connectivity index is 1.81. The van der Waals surface area contributed by atoms with Crippen molar-refractivity contribution >= 4 is 40.4 Å². The van der Waals surface area contributed by atoms with Gasteiger partial charge in [0.15, 0.2) is 0 Å². The monoisotopic (exact) mass is 432 g/mol. The van der Waals surface area contributed by atoms with E-state index in [9.17, 15) is 9.59 Å². The second kappa shape index (κ2) is 8.28. The van der Waals surface area contributed by atoms with E-state index in [2.05, 4.69) is 5.32 Å². The fourth-order valence-corrected chi connectivity index (χ4v) is 3.58. The molecule has 5 nitrogen and oxygen atoms in total. The first-order valence-electron chi connectivity index (χ1n) is 9.76. The minimum absolute atomic E-state index is 0.218. The topological polar surface area (TPSA) is 58.6 Å². The number of hydrogen-bond donors (Lipinski definition) is 1. The van der Waals surface area contributed by atoms with Crippen molar-refractivity contribution in [2.24, 2.45) is 0 Å². The number of imide groups is 1. The summed E-state index contributed by atoms with van der Waals surface area (Å²) in [5, 5.41) is 3.64. The molecule has 0 saturated carbocycles. The molecule has 0 saturated heterocycles.